The summed E-state index contributed by atoms with van der Waals surface area (Å²) in [6, 6.07) is 2.82. The first-order valence-corrected chi connectivity index (χ1v) is 7.31. The van der Waals surface area contributed by atoms with Crippen molar-refractivity contribution in [2.24, 2.45) is 0 Å². The lowest BCUT2D eigenvalue weighted by Gasteiger charge is -2.19. The molecule has 1 amide bonds. The van der Waals surface area contributed by atoms with Crippen molar-refractivity contribution in [2.45, 2.75) is 38.4 Å². The van der Waals surface area contributed by atoms with Crippen LogP contribution in [0.1, 0.15) is 33.6 Å². The molecule has 19 heavy (non-hydrogen) atoms. The van der Waals surface area contributed by atoms with E-state index in [-0.39, 0.29) is 16.5 Å². The van der Waals surface area contributed by atoms with Gasteiger partial charge in [0.2, 0.25) is 5.91 Å². The maximum Gasteiger partial charge on any atom is 0.227 e. The highest BCUT2D eigenvalue weighted by Gasteiger charge is 2.16. The van der Waals surface area contributed by atoms with Gasteiger partial charge in [0, 0.05) is 24.4 Å². The second kappa shape index (κ2) is 6.89. The fourth-order valence-electron chi connectivity index (χ4n) is 1.51. The highest BCUT2D eigenvalue weighted by Crippen LogP contribution is 2.24. The third-order valence-electron chi connectivity index (χ3n) is 2.50. The Hall–Kier alpha value is -1.10. The smallest absolute Gasteiger partial charge is 0.227 e. The van der Waals surface area contributed by atoms with Gasteiger partial charge in [-0.05, 0) is 24.3 Å². The summed E-state index contributed by atoms with van der Waals surface area (Å²) in [6.07, 6.45) is 2.69. The minimum atomic E-state index is -0.470. The summed E-state index contributed by atoms with van der Waals surface area (Å²) >= 11 is 1.83. The number of pyridine rings is 1. The first-order valence-electron chi connectivity index (χ1n) is 6.32. The molecule has 0 aliphatic carbocycles. The molecule has 3 nitrogen and oxygen atoms in total. The highest BCUT2D eigenvalue weighted by atomic mass is 32.2. The molecule has 0 aliphatic rings. The van der Waals surface area contributed by atoms with Crippen molar-refractivity contribution in [2.75, 3.05) is 17.7 Å². The molecule has 0 atom stereocenters. The van der Waals surface area contributed by atoms with Crippen molar-refractivity contribution in [1.29, 1.82) is 0 Å². The number of rotatable bonds is 5. The molecule has 106 valence electrons. The van der Waals surface area contributed by atoms with Crippen molar-refractivity contribution < 1.29 is 9.18 Å². The summed E-state index contributed by atoms with van der Waals surface area (Å²) in [4.78, 5) is 17.1. The largest absolute Gasteiger partial charge is 0.298 e. The van der Waals surface area contributed by atoms with Crippen LogP contribution in [0.4, 0.5) is 10.2 Å². The molecule has 0 unspecified atom stereocenters. The van der Waals surface area contributed by atoms with Crippen molar-refractivity contribution in [1.82, 2.24) is 4.98 Å². The van der Waals surface area contributed by atoms with E-state index in [0.29, 0.717) is 6.42 Å². The molecular formula is C14H21FN2OS. The first kappa shape index (κ1) is 16.0. The van der Waals surface area contributed by atoms with E-state index >= 15 is 0 Å². The van der Waals surface area contributed by atoms with Crippen LogP contribution in [0.15, 0.2) is 18.3 Å². The number of thioether (sulfide) groups is 1. The number of amides is 1. The quantitative estimate of drug-likeness (QED) is 0.776. The number of halogens is 1. The van der Waals surface area contributed by atoms with Crippen LogP contribution >= 0.6 is 11.8 Å². The minimum absolute atomic E-state index is 0.0935. The molecule has 0 aromatic carbocycles. The number of hydrogen-bond donors (Lipinski definition) is 0. The monoisotopic (exact) mass is 284 g/mol. The lowest BCUT2D eigenvalue weighted by atomic mass is 10.3. The molecule has 0 bridgehead atoms. The van der Waals surface area contributed by atoms with Crippen molar-refractivity contribution in [3.05, 3.63) is 24.1 Å². The third-order valence-corrected chi connectivity index (χ3v) is 3.86. The Bertz CT molecular complexity index is 432. The normalized spacial score (nSPS) is 11.4. The summed E-state index contributed by atoms with van der Waals surface area (Å²) in [5.41, 5.74) is 0. The van der Waals surface area contributed by atoms with Crippen LogP contribution in [0, 0.1) is 5.82 Å². The minimum Gasteiger partial charge on any atom is -0.298 e. The van der Waals surface area contributed by atoms with Gasteiger partial charge in [-0.2, -0.15) is 11.8 Å². The van der Waals surface area contributed by atoms with Gasteiger partial charge in [0.1, 0.15) is 0 Å². The third kappa shape index (κ3) is 5.59. The van der Waals surface area contributed by atoms with E-state index in [1.807, 2.05) is 11.8 Å². The van der Waals surface area contributed by atoms with E-state index < -0.39 is 5.82 Å². The number of hydrogen-bond acceptors (Lipinski definition) is 3. The molecule has 0 saturated carbocycles. The average Bonchev–Trinajstić information content (AvgIpc) is 2.33. The Morgan fingerprint density at radius 2 is 2.16 bits per heavy atom. The SMILES string of the molecule is CN(C(=O)CCCSC(C)(C)C)c1ncccc1F. The van der Waals surface area contributed by atoms with Gasteiger partial charge in [-0.1, -0.05) is 20.8 Å². The van der Waals surface area contributed by atoms with Crippen LogP contribution in [0.2, 0.25) is 0 Å². The Kier molecular flexibility index (Phi) is 5.79. The number of nitrogens with zero attached hydrogens (tertiary/aromatic N) is 2. The molecule has 1 aromatic heterocycles. The molecule has 0 N–H and O–H groups in total. The topological polar surface area (TPSA) is 33.2 Å². The predicted octanol–water partition coefficient (Wildman–Crippen LogP) is 3.50. The Balaban J connectivity index is 2.44. The van der Waals surface area contributed by atoms with Gasteiger partial charge in [0.05, 0.1) is 0 Å². The van der Waals surface area contributed by atoms with E-state index in [1.165, 1.54) is 23.2 Å². The molecule has 0 fully saturated rings. The molecule has 1 aromatic rings. The van der Waals surface area contributed by atoms with Gasteiger partial charge in [-0.15, -0.1) is 0 Å². The summed E-state index contributed by atoms with van der Waals surface area (Å²) in [5, 5.41) is 0. The molecule has 1 rings (SSSR count). The summed E-state index contributed by atoms with van der Waals surface area (Å²) in [7, 11) is 1.56. The van der Waals surface area contributed by atoms with Crippen LogP contribution in [0.3, 0.4) is 0 Å². The Morgan fingerprint density at radius 3 is 2.74 bits per heavy atom. The zero-order valence-corrected chi connectivity index (χ0v) is 12.8. The maximum atomic E-state index is 13.5. The van der Waals surface area contributed by atoms with Gasteiger partial charge in [-0.25, -0.2) is 9.37 Å². The summed E-state index contributed by atoms with van der Waals surface area (Å²) < 4.78 is 13.7. The molecule has 0 saturated heterocycles. The van der Waals surface area contributed by atoms with Crippen LogP contribution in [-0.4, -0.2) is 28.4 Å². The summed E-state index contributed by atoms with van der Waals surface area (Å²) in [6.45, 7) is 6.44. The average molecular weight is 284 g/mol. The summed E-state index contributed by atoms with van der Waals surface area (Å²) in [5.74, 6) is 0.443. The fourth-order valence-corrected chi connectivity index (χ4v) is 2.41. The van der Waals surface area contributed by atoms with Gasteiger partial charge in [0.15, 0.2) is 11.6 Å². The molecule has 0 spiro atoms. The molecule has 5 heteroatoms. The van der Waals surface area contributed by atoms with Gasteiger partial charge in [-0.3, -0.25) is 9.69 Å². The number of carbonyl (C=O) groups excluding carboxylic acids is 1. The molecule has 1 heterocycles. The molecule has 0 aliphatic heterocycles. The van der Waals surface area contributed by atoms with Gasteiger partial charge in [0.25, 0.3) is 0 Å². The second-order valence-corrected chi connectivity index (χ2v) is 7.25. The Morgan fingerprint density at radius 1 is 1.47 bits per heavy atom. The first-order chi connectivity index (χ1) is 8.81. The number of aromatic nitrogens is 1. The van der Waals surface area contributed by atoms with Crippen molar-refractivity contribution >= 4 is 23.5 Å². The lowest BCUT2D eigenvalue weighted by molar-refractivity contribution is -0.118. The predicted molar refractivity (Wildman–Crippen MR) is 79.1 cm³/mol. The second-order valence-electron chi connectivity index (χ2n) is 5.33. The maximum absolute atomic E-state index is 13.5. The van der Waals surface area contributed by atoms with Crippen LogP contribution in [0.5, 0.6) is 0 Å². The van der Waals surface area contributed by atoms with E-state index in [2.05, 4.69) is 25.8 Å². The number of carbonyl (C=O) groups is 1. The van der Waals surface area contributed by atoms with E-state index in [9.17, 15) is 9.18 Å². The van der Waals surface area contributed by atoms with E-state index in [1.54, 1.807) is 7.05 Å². The number of anilines is 1. The zero-order valence-electron chi connectivity index (χ0n) is 11.9. The van der Waals surface area contributed by atoms with Crippen molar-refractivity contribution in [3.63, 3.8) is 0 Å². The van der Waals surface area contributed by atoms with Gasteiger partial charge >= 0.3 is 0 Å². The zero-order chi connectivity index (χ0) is 14.5. The highest BCUT2D eigenvalue weighted by molar-refractivity contribution is 8.00. The molecular weight excluding hydrogens is 263 g/mol. The van der Waals surface area contributed by atoms with Crippen LogP contribution in [-0.2, 0) is 4.79 Å². The Labute approximate surface area is 118 Å². The van der Waals surface area contributed by atoms with Crippen LogP contribution < -0.4 is 4.90 Å². The van der Waals surface area contributed by atoms with Crippen LogP contribution in [0.25, 0.3) is 0 Å². The van der Waals surface area contributed by atoms with Crippen molar-refractivity contribution in [3.8, 4) is 0 Å². The van der Waals surface area contributed by atoms with Gasteiger partial charge < -0.3 is 0 Å². The standard InChI is InChI=1S/C14H21FN2OS/c1-14(2,3)19-10-6-8-12(18)17(4)13-11(15)7-5-9-16-13/h5,7,9H,6,8,10H2,1-4H3. The fraction of sp³-hybridized carbons (Fsp3) is 0.571. The van der Waals surface area contributed by atoms with E-state index in [0.717, 1.165) is 12.2 Å². The molecule has 0 radical (unpaired) electrons. The van der Waals surface area contributed by atoms with E-state index in [4.69, 9.17) is 0 Å². The lowest BCUT2D eigenvalue weighted by Crippen LogP contribution is -2.27.